The molecule has 4 saturated carbocycles. The Morgan fingerprint density at radius 3 is 2.24 bits per heavy atom. The third-order valence-corrected chi connectivity index (χ3v) is 14.3. The van der Waals surface area contributed by atoms with Crippen LogP contribution in [0.15, 0.2) is 23.3 Å². The Labute approximate surface area is 255 Å². The Morgan fingerprint density at radius 1 is 0.929 bits per heavy atom. The number of aliphatic carboxylic acids is 1. The van der Waals surface area contributed by atoms with E-state index in [0.29, 0.717) is 24.9 Å². The van der Waals surface area contributed by atoms with Crippen molar-refractivity contribution < 1.29 is 24.2 Å². The van der Waals surface area contributed by atoms with Gasteiger partial charge in [0.05, 0.1) is 12.7 Å². The fraction of sp³-hybridized carbons (Fsp3) is 0.838. The maximum absolute atomic E-state index is 13.4. The summed E-state index contributed by atoms with van der Waals surface area (Å²) in [5.74, 6) is 0.171. The van der Waals surface area contributed by atoms with Crippen LogP contribution in [0.1, 0.15) is 127 Å². The number of carboxylic acid groups (broad SMARTS) is 1. The first-order valence-corrected chi connectivity index (χ1v) is 16.7. The highest BCUT2D eigenvalue weighted by Crippen LogP contribution is 2.76. The number of carbonyl (C=O) groups is 2. The lowest BCUT2D eigenvalue weighted by Gasteiger charge is -2.71. The molecule has 5 rings (SSSR count). The Bertz CT molecular complexity index is 1180. The van der Waals surface area contributed by atoms with Crippen molar-refractivity contribution in [1.82, 2.24) is 0 Å². The topological polar surface area (TPSA) is 72.8 Å². The minimum atomic E-state index is -0.872. The normalized spacial score (nSPS) is 45.8. The van der Waals surface area contributed by atoms with Gasteiger partial charge in [-0.05, 0) is 111 Å². The van der Waals surface area contributed by atoms with Gasteiger partial charge < -0.3 is 14.6 Å². The van der Waals surface area contributed by atoms with E-state index in [0.717, 1.165) is 56.9 Å². The molecule has 0 heterocycles. The lowest BCUT2D eigenvalue weighted by Crippen LogP contribution is -2.66. The fourth-order valence-corrected chi connectivity index (χ4v) is 11.7. The van der Waals surface area contributed by atoms with Gasteiger partial charge in [-0.15, -0.1) is 0 Å². The minimum Gasteiger partial charge on any atom is -0.481 e. The van der Waals surface area contributed by atoms with Crippen LogP contribution in [-0.4, -0.2) is 35.9 Å². The number of esters is 1. The molecule has 42 heavy (non-hydrogen) atoms. The molecular weight excluding hydrogens is 524 g/mol. The molecule has 0 aliphatic heterocycles. The third kappa shape index (κ3) is 4.40. The van der Waals surface area contributed by atoms with Gasteiger partial charge in [-0.3, -0.25) is 9.59 Å². The second-order valence-corrected chi connectivity index (χ2v) is 17.2. The van der Waals surface area contributed by atoms with E-state index in [4.69, 9.17) is 9.47 Å². The Kier molecular flexibility index (Phi) is 7.73. The van der Waals surface area contributed by atoms with E-state index in [1.807, 2.05) is 6.92 Å². The summed E-state index contributed by atoms with van der Waals surface area (Å²) in [6, 6.07) is 0. The van der Waals surface area contributed by atoms with Gasteiger partial charge in [0.15, 0.2) is 0 Å². The lowest BCUT2D eigenvalue weighted by molar-refractivity contribution is -0.220. The van der Waals surface area contributed by atoms with Gasteiger partial charge in [-0.25, -0.2) is 0 Å². The number of rotatable bonds is 5. The standard InChI is InChI=1S/C37H58O5/c1-11-23(2)22-41-30-21-32(4,5)20-26-25-12-13-28-34(8)16-15-29(42-24(3)38)33(6,7)27(34)14-17-36(28,10)35(25,9)18-19-37(26,30)31(39)40/h11-12,26-30H,13-22H2,1-10H3,(H,39,40)/t26-,27?,28-,29?,30?,34+,35-,36-,37+/m1/s1. The zero-order valence-corrected chi connectivity index (χ0v) is 28.2. The number of ether oxygens (including phenoxy) is 2. The zero-order valence-electron chi connectivity index (χ0n) is 28.2. The van der Waals surface area contributed by atoms with Crippen molar-refractivity contribution >= 4 is 11.9 Å². The van der Waals surface area contributed by atoms with Crippen LogP contribution in [0.25, 0.3) is 0 Å². The highest BCUT2D eigenvalue weighted by atomic mass is 16.5. The van der Waals surface area contributed by atoms with Gasteiger partial charge in [-0.1, -0.05) is 71.8 Å². The summed E-state index contributed by atoms with van der Waals surface area (Å²) in [6.07, 6.45) is 12.8. The van der Waals surface area contributed by atoms with E-state index in [2.05, 4.69) is 67.5 Å². The largest absolute Gasteiger partial charge is 0.481 e. The van der Waals surface area contributed by atoms with Crippen LogP contribution in [0.2, 0.25) is 0 Å². The molecule has 0 aromatic rings. The smallest absolute Gasteiger partial charge is 0.312 e. The Morgan fingerprint density at radius 2 is 1.62 bits per heavy atom. The molecule has 0 aromatic carbocycles. The summed E-state index contributed by atoms with van der Waals surface area (Å²) < 4.78 is 12.5. The van der Waals surface area contributed by atoms with E-state index in [9.17, 15) is 14.7 Å². The molecule has 0 bridgehead atoms. The number of carbonyl (C=O) groups excluding carboxylic acids is 1. The molecule has 3 unspecified atom stereocenters. The molecule has 1 N–H and O–H groups in total. The minimum absolute atomic E-state index is 0.00661. The summed E-state index contributed by atoms with van der Waals surface area (Å²) >= 11 is 0. The van der Waals surface area contributed by atoms with Crippen molar-refractivity contribution in [3.05, 3.63) is 23.3 Å². The van der Waals surface area contributed by atoms with Crippen LogP contribution >= 0.6 is 0 Å². The Hall–Kier alpha value is -1.62. The van der Waals surface area contributed by atoms with Crippen molar-refractivity contribution in [2.24, 2.45) is 50.2 Å². The zero-order chi connectivity index (χ0) is 31.1. The molecule has 5 heteroatoms. The molecule has 5 aliphatic carbocycles. The first-order valence-electron chi connectivity index (χ1n) is 16.7. The first-order chi connectivity index (χ1) is 19.4. The first kappa shape index (κ1) is 31.8. The van der Waals surface area contributed by atoms with Crippen molar-refractivity contribution in [3.63, 3.8) is 0 Å². The molecule has 9 atom stereocenters. The molecule has 5 nitrogen and oxygen atoms in total. The number of fused-ring (bicyclic) bond motifs is 7. The summed E-state index contributed by atoms with van der Waals surface area (Å²) in [5.41, 5.74) is 1.85. The summed E-state index contributed by atoms with van der Waals surface area (Å²) in [6.45, 7) is 23.0. The van der Waals surface area contributed by atoms with Gasteiger partial charge in [0.2, 0.25) is 0 Å². The van der Waals surface area contributed by atoms with Gasteiger partial charge in [0.1, 0.15) is 11.5 Å². The number of allylic oxidation sites excluding steroid dienone is 3. The molecular formula is C37H58O5. The predicted molar refractivity (Wildman–Crippen MR) is 167 cm³/mol. The van der Waals surface area contributed by atoms with Crippen LogP contribution < -0.4 is 0 Å². The van der Waals surface area contributed by atoms with Crippen LogP contribution in [0.5, 0.6) is 0 Å². The van der Waals surface area contributed by atoms with Crippen LogP contribution in [0.4, 0.5) is 0 Å². The van der Waals surface area contributed by atoms with Gasteiger partial charge in [-0.2, -0.15) is 0 Å². The van der Waals surface area contributed by atoms with E-state index in [1.54, 1.807) is 6.92 Å². The summed E-state index contributed by atoms with van der Waals surface area (Å²) in [7, 11) is 0. The average Bonchev–Trinajstić information content (AvgIpc) is 2.88. The second-order valence-electron chi connectivity index (χ2n) is 17.2. The van der Waals surface area contributed by atoms with Crippen molar-refractivity contribution in [1.29, 1.82) is 0 Å². The highest BCUT2D eigenvalue weighted by molar-refractivity contribution is 5.77. The van der Waals surface area contributed by atoms with Gasteiger partial charge in [0, 0.05) is 12.3 Å². The van der Waals surface area contributed by atoms with Crippen LogP contribution in [-0.2, 0) is 19.1 Å². The SMILES string of the molecule is CC=C(C)COC1CC(C)(C)C[C@@H]2C3=CC[C@@H]4[C@@]5(C)CCC(OC(C)=O)C(C)(C)C5CC[C@@]4(C)[C@]3(C)CC[C@@]12C(=O)O. The van der Waals surface area contributed by atoms with Crippen molar-refractivity contribution in [2.45, 2.75) is 139 Å². The highest BCUT2D eigenvalue weighted by Gasteiger charge is 2.71. The number of hydrogen-bond donors (Lipinski definition) is 1. The van der Waals surface area contributed by atoms with Gasteiger partial charge in [0.25, 0.3) is 0 Å². The summed E-state index contributed by atoms with van der Waals surface area (Å²) in [4.78, 5) is 25.4. The molecule has 0 saturated heterocycles. The van der Waals surface area contributed by atoms with E-state index in [-0.39, 0.29) is 51.2 Å². The molecule has 0 spiro atoms. The number of hydrogen-bond acceptors (Lipinski definition) is 4. The molecule has 4 fully saturated rings. The quantitative estimate of drug-likeness (QED) is 0.259. The van der Waals surface area contributed by atoms with Gasteiger partial charge >= 0.3 is 11.9 Å². The number of carboxylic acids is 1. The predicted octanol–water partition coefficient (Wildman–Crippen LogP) is 8.77. The lowest BCUT2D eigenvalue weighted by atomic mass is 9.33. The van der Waals surface area contributed by atoms with E-state index in [1.165, 1.54) is 5.57 Å². The molecule has 236 valence electrons. The molecule has 0 radical (unpaired) electrons. The van der Waals surface area contributed by atoms with Crippen molar-refractivity contribution in [3.8, 4) is 0 Å². The third-order valence-electron chi connectivity index (χ3n) is 14.3. The van der Waals surface area contributed by atoms with E-state index >= 15 is 0 Å². The maximum Gasteiger partial charge on any atom is 0.312 e. The van der Waals surface area contributed by atoms with Crippen molar-refractivity contribution in [2.75, 3.05) is 6.61 Å². The van der Waals surface area contributed by atoms with Crippen LogP contribution in [0, 0.1) is 50.2 Å². The molecule has 5 aliphatic rings. The molecule has 0 aromatic heterocycles. The Balaban J connectivity index is 1.55. The summed E-state index contributed by atoms with van der Waals surface area (Å²) in [5, 5.41) is 11.0. The molecule has 0 amide bonds. The monoisotopic (exact) mass is 582 g/mol. The van der Waals surface area contributed by atoms with E-state index < -0.39 is 11.4 Å². The fourth-order valence-electron chi connectivity index (χ4n) is 11.7. The maximum atomic E-state index is 13.4. The van der Waals surface area contributed by atoms with Crippen LogP contribution in [0.3, 0.4) is 0 Å². The second kappa shape index (κ2) is 10.2. The average molecular weight is 583 g/mol.